The molecule has 0 N–H and O–H groups in total. The summed E-state index contributed by atoms with van der Waals surface area (Å²) in [5, 5.41) is 0.623. The van der Waals surface area contributed by atoms with Gasteiger partial charge in [0.05, 0.1) is 6.26 Å². The summed E-state index contributed by atoms with van der Waals surface area (Å²) in [6.45, 7) is 0. The Hall–Kier alpha value is -1.02. The van der Waals surface area contributed by atoms with Crippen LogP contribution in [0.4, 0.5) is 0 Å². The fraction of sp³-hybridized carbons (Fsp3) is 0.300. The maximum atomic E-state index is 11.2. The molecule has 1 unspecified atom stereocenters. The van der Waals surface area contributed by atoms with E-state index in [0.29, 0.717) is 17.9 Å². The summed E-state index contributed by atoms with van der Waals surface area (Å²) in [4.78, 5) is 11.2. The summed E-state index contributed by atoms with van der Waals surface area (Å²) in [7, 11) is 0. The number of carbonyl (C=O) groups is 1. The second-order valence-corrected chi connectivity index (χ2v) is 3.66. The van der Waals surface area contributed by atoms with Gasteiger partial charge in [0.25, 0.3) is 0 Å². The van der Waals surface area contributed by atoms with Crippen molar-refractivity contribution in [3.05, 3.63) is 35.3 Å². The van der Waals surface area contributed by atoms with Crippen LogP contribution in [0, 0.1) is 0 Å². The van der Waals surface area contributed by atoms with Crippen LogP contribution in [0.25, 0.3) is 0 Å². The van der Waals surface area contributed by atoms with E-state index in [4.69, 9.17) is 16.0 Å². The molecule has 1 heterocycles. The molecule has 1 aromatic heterocycles. The molecule has 3 heteroatoms. The van der Waals surface area contributed by atoms with Crippen molar-refractivity contribution in [2.45, 2.75) is 18.8 Å². The van der Waals surface area contributed by atoms with E-state index in [1.165, 1.54) is 6.08 Å². The van der Waals surface area contributed by atoms with Crippen molar-refractivity contribution in [2.75, 3.05) is 0 Å². The monoisotopic (exact) mass is 196 g/mol. The quantitative estimate of drug-likeness (QED) is 0.692. The van der Waals surface area contributed by atoms with Gasteiger partial charge in [0.15, 0.2) is 5.78 Å². The number of hydrogen-bond acceptors (Lipinski definition) is 2. The highest BCUT2D eigenvalue weighted by Gasteiger charge is 2.22. The van der Waals surface area contributed by atoms with Gasteiger partial charge in [0.1, 0.15) is 5.76 Å². The lowest BCUT2D eigenvalue weighted by Gasteiger charge is -2.16. The number of allylic oxidation sites excluding steroid dienone is 2. The predicted octanol–water partition coefficient (Wildman–Crippen LogP) is 2.85. The van der Waals surface area contributed by atoms with Gasteiger partial charge in [-0.25, -0.2) is 0 Å². The van der Waals surface area contributed by atoms with E-state index in [-0.39, 0.29) is 11.7 Å². The molecule has 0 spiro atoms. The first-order valence-corrected chi connectivity index (χ1v) is 4.56. The Morgan fingerprint density at radius 1 is 1.46 bits per heavy atom. The van der Waals surface area contributed by atoms with Crippen LogP contribution in [0.1, 0.15) is 24.5 Å². The summed E-state index contributed by atoms with van der Waals surface area (Å²) in [6.07, 6.45) is 4.33. The third-order valence-corrected chi connectivity index (χ3v) is 2.42. The van der Waals surface area contributed by atoms with Crippen LogP contribution in [0.15, 0.2) is 33.9 Å². The molecule has 0 radical (unpaired) electrons. The number of hydrogen-bond donors (Lipinski definition) is 0. The number of furan rings is 1. The lowest BCUT2D eigenvalue weighted by atomic mass is 9.91. The molecule has 0 saturated heterocycles. The van der Waals surface area contributed by atoms with Crippen LogP contribution in [0.2, 0.25) is 0 Å². The van der Waals surface area contributed by atoms with Crippen LogP contribution in [0.3, 0.4) is 0 Å². The predicted molar refractivity (Wildman–Crippen MR) is 49.6 cm³/mol. The van der Waals surface area contributed by atoms with E-state index in [2.05, 4.69) is 0 Å². The van der Waals surface area contributed by atoms with E-state index in [1.807, 2.05) is 12.1 Å². The summed E-state index contributed by atoms with van der Waals surface area (Å²) in [5.74, 6) is 1.05. The van der Waals surface area contributed by atoms with Gasteiger partial charge in [-0.15, -0.1) is 0 Å². The maximum Gasteiger partial charge on any atom is 0.157 e. The van der Waals surface area contributed by atoms with Gasteiger partial charge >= 0.3 is 0 Å². The third-order valence-electron chi connectivity index (χ3n) is 2.15. The molecule has 0 fully saturated rings. The molecule has 1 aromatic rings. The van der Waals surface area contributed by atoms with Gasteiger partial charge in [-0.3, -0.25) is 4.79 Å². The molecule has 1 aliphatic rings. The highest BCUT2D eigenvalue weighted by atomic mass is 35.5. The molecule has 0 aromatic carbocycles. The Morgan fingerprint density at radius 2 is 2.31 bits per heavy atom. The molecule has 0 amide bonds. The van der Waals surface area contributed by atoms with Gasteiger partial charge in [-0.1, -0.05) is 11.6 Å². The van der Waals surface area contributed by atoms with Crippen LogP contribution in [-0.2, 0) is 4.79 Å². The van der Waals surface area contributed by atoms with E-state index in [0.717, 1.165) is 5.76 Å². The second kappa shape index (κ2) is 3.38. The van der Waals surface area contributed by atoms with Crippen molar-refractivity contribution in [1.82, 2.24) is 0 Å². The zero-order valence-electron chi connectivity index (χ0n) is 7.00. The van der Waals surface area contributed by atoms with E-state index in [9.17, 15) is 4.79 Å². The van der Waals surface area contributed by atoms with E-state index < -0.39 is 0 Å². The Morgan fingerprint density at radius 3 is 2.92 bits per heavy atom. The van der Waals surface area contributed by atoms with E-state index >= 15 is 0 Å². The Labute approximate surface area is 81.2 Å². The van der Waals surface area contributed by atoms with Crippen LogP contribution < -0.4 is 0 Å². The van der Waals surface area contributed by atoms with E-state index in [1.54, 1.807) is 6.26 Å². The van der Waals surface area contributed by atoms with Crippen molar-refractivity contribution in [1.29, 1.82) is 0 Å². The van der Waals surface area contributed by atoms with Crippen molar-refractivity contribution in [3.8, 4) is 0 Å². The van der Waals surface area contributed by atoms with Crippen molar-refractivity contribution in [3.63, 3.8) is 0 Å². The van der Waals surface area contributed by atoms with Crippen LogP contribution >= 0.6 is 11.6 Å². The molecule has 1 atom stereocenters. The first-order chi connectivity index (χ1) is 6.25. The minimum absolute atomic E-state index is 0.0812. The minimum atomic E-state index is 0.0812. The maximum absolute atomic E-state index is 11.2. The summed E-state index contributed by atoms with van der Waals surface area (Å²) >= 11 is 5.82. The molecule has 0 aliphatic heterocycles. The highest BCUT2D eigenvalue weighted by molar-refractivity contribution is 6.31. The third kappa shape index (κ3) is 1.83. The lowest BCUT2D eigenvalue weighted by molar-refractivity contribution is -0.115. The molecule has 2 rings (SSSR count). The zero-order valence-corrected chi connectivity index (χ0v) is 7.75. The average molecular weight is 197 g/mol. The molecule has 0 bridgehead atoms. The number of carbonyl (C=O) groups excluding carboxylic acids is 1. The summed E-state index contributed by atoms with van der Waals surface area (Å²) in [6, 6.07) is 3.71. The fourth-order valence-corrected chi connectivity index (χ4v) is 1.88. The Kier molecular flexibility index (Phi) is 2.23. The van der Waals surface area contributed by atoms with Crippen LogP contribution in [0.5, 0.6) is 0 Å². The Bertz CT molecular complexity index is 338. The largest absolute Gasteiger partial charge is 0.469 e. The first-order valence-electron chi connectivity index (χ1n) is 4.18. The second-order valence-electron chi connectivity index (χ2n) is 3.18. The molecular weight excluding hydrogens is 188 g/mol. The molecule has 0 saturated carbocycles. The molecule has 2 nitrogen and oxygen atoms in total. The highest BCUT2D eigenvalue weighted by Crippen LogP contribution is 2.32. The topological polar surface area (TPSA) is 30.2 Å². The van der Waals surface area contributed by atoms with Gasteiger partial charge in [0, 0.05) is 17.4 Å². The van der Waals surface area contributed by atoms with Crippen molar-refractivity contribution >= 4 is 17.4 Å². The number of ketones is 1. The number of rotatable bonds is 1. The zero-order chi connectivity index (χ0) is 9.26. The average Bonchev–Trinajstić information content (AvgIpc) is 2.53. The molecular formula is C10H9ClO2. The van der Waals surface area contributed by atoms with Crippen LogP contribution in [-0.4, -0.2) is 5.78 Å². The molecule has 68 valence electrons. The number of halogens is 1. The fourth-order valence-electron chi connectivity index (χ4n) is 1.57. The smallest absolute Gasteiger partial charge is 0.157 e. The SMILES string of the molecule is O=C1C=C(Cl)CC(c2ccco2)C1. The minimum Gasteiger partial charge on any atom is -0.469 e. The van der Waals surface area contributed by atoms with Crippen molar-refractivity contribution in [2.24, 2.45) is 0 Å². The summed E-state index contributed by atoms with van der Waals surface area (Å²) in [5.41, 5.74) is 0. The molecule has 1 aliphatic carbocycles. The molecule has 13 heavy (non-hydrogen) atoms. The van der Waals surface area contributed by atoms with Gasteiger partial charge in [-0.2, -0.15) is 0 Å². The lowest BCUT2D eigenvalue weighted by Crippen LogP contribution is -2.10. The summed E-state index contributed by atoms with van der Waals surface area (Å²) < 4.78 is 5.23. The first kappa shape index (κ1) is 8.57. The van der Waals surface area contributed by atoms with Gasteiger partial charge < -0.3 is 4.42 Å². The van der Waals surface area contributed by atoms with Crippen molar-refractivity contribution < 1.29 is 9.21 Å². The van der Waals surface area contributed by atoms with Gasteiger partial charge in [0.2, 0.25) is 0 Å². The standard InChI is InChI=1S/C10H9ClO2/c11-8-4-7(5-9(12)6-8)10-2-1-3-13-10/h1-3,6-7H,4-5H2. The Balaban J connectivity index is 2.20. The normalized spacial score (nSPS) is 23.0. The van der Waals surface area contributed by atoms with Gasteiger partial charge in [-0.05, 0) is 24.6 Å².